The van der Waals surface area contributed by atoms with Gasteiger partial charge in [0.2, 0.25) is 0 Å². The molecule has 39 heavy (non-hydrogen) atoms. The van der Waals surface area contributed by atoms with Crippen molar-refractivity contribution >= 4 is 34.0 Å². The maximum Gasteiger partial charge on any atom is 0.138 e. The van der Waals surface area contributed by atoms with Gasteiger partial charge in [-0.15, -0.1) is 0 Å². The Bertz CT molecular complexity index is 1300. The highest BCUT2D eigenvalue weighted by Crippen LogP contribution is 2.29. The second kappa shape index (κ2) is 12.2. The lowest BCUT2D eigenvalue weighted by molar-refractivity contribution is -0.223. The highest BCUT2D eigenvalue weighted by atomic mass is 35.5. The number of benzene rings is 3. The highest BCUT2D eigenvalue weighted by molar-refractivity contribution is 6.32. The third-order valence-electron chi connectivity index (χ3n) is 7.66. The maximum absolute atomic E-state index is 13.4. The number of nitrogens with zero attached hydrogens (tertiary/aromatic N) is 3. The number of hydrogen-bond donors (Lipinski definition) is 1. The van der Waals surface area contributed by atoms with Crippen molar-refractivity contribution in [3.05, 3.63) is 71.2 Å². The number of fused-ring (bicyclic) bond motifs is 1. The molecular formula is C32H39ClN3O3-. The van der Waals surface area contributed by atoms with E-state index in [4.69, 9.17) is 21.3 Å². The van der Waals surface area contributed by atoms with Crippen molar-refractivity contribution < 1.29 is 14.9 Å². The summed E-state index contributed by atoms with van der Waals surface area (Å²) < 4.78 is 5.70. The van der Waals surface area contributed by atoms with Crippen LogP contribution in [0.15, 0.2) is 65.7 Å². The van der Waals surface area contributed by atoms with Gasteiger partial charge < -0.3 is 29.7 Å². The molecule has 2 atom stereocenters. The Morgan fingerprint density at radius 3 is 2.59 bits per heavy atom. The van der Waals surface area contributed by atoms with Crippen molar-refractivity contribution in [3.8, 4) is 5.75 Å². The molecule has 3 aromatic carbocycles. The molecule has 0 aromatic heterocycles. The summed E-state index contributed by atoms with van der Waals surface area (Å²) in [6.45, 7) is 8.02. The van der Waals surface area contributed by atoms with E-state index in [1.807, 2.05) is 18.2 Å². The standard InChI is InChI=1S/C32H40ClN3O3/c1-32(2,38)22-39-30-12-9-23(18-29(30)33)17-27(21-35-14-5-6-15-35)34-31(37)26-13-16-36(20-26)28-11-10-24-7-3-4-8-25(24)19-28/h3-4,7-12,18-19,26-27,38H,5-6,13-17,20-22H2,1-2H3,(H,34,37)/p-1/t26-,27?/m1/s1. The Morgan fingerprint density at radius 2 is 1.85 bits per heavy atom. The Hall–Kier alpha value is -2.80. The average Bonchev–Trinajstić information content (AvgIpc) is 3.60. The van der Waals surface area contributed by atoms with Crippen LogP contribution in [0.2, 0.25) is 5.02 Å². The van der Waals surface area contributed by atoms with Crippen LogP contribution in [0.1, 0.15) is 38.7 Å². The molecule has 1 unspecified atom stereocenters. The van der Waals surface area contributed by atoms with Gasteiger partial charge in [-0.25, -0.2) is 0 Å². The summed E-state index contributed by atoms with van der Waals surface area (Å²) in [5.74, 6) is 0.476. The van der Waals surface area contributed by atoms with Gasteiger partial charge >= 0.3 is 0 Å². The van der Waals surface area contributed by atoms with Gasteiger partial charge in [-0.3, -0.25) is 0 Å². The van der Waals surface area contributed by atoms with Gasteiger partial charge in [0.1, 0.15) is 12.4 Å². The summed E-state index contributed by atoms with van der Waals surface area (Å²) in [7, 11) is 0. The lowest BCUT2D eigenvalue weighted by atomic mass is 10.0. The molecule has 2 heterocycles. The summed E-state index contributed by atoms with van der Waals surface area (Å²) in [5, 5.41) is 26.3. The normalized spacial score (nSPS) is 19.6. The number of ether oxygens (including phenoxy) is 1. The monoisotopic (exact) mass is 548 g/mol. The second-order valence-corrected chi connectivity index (χ2v) is 12.1. The zero-order chi connectivity index (χ0) is 27.4. The Morgan fingerprint density at radius 1 is 1.08 bits per heavy atom. The minimum atomic E-state index is -0.938. The van der Waals surface area contributed by atoms with Gasteiger partial charge in [0, 0.05) is 31.2 Å². The average molecular weight is 549 g/mol. The van der Waals surface area contributed by atoms with Gasteiger partial charge in [0.25, 0.3) is 0 Å². The quantitative estimate of drug-likeness (QED) is 0.287. The van der Waals surface area contributed by atoms with Crippen LogP contribution in [0.4, 0.5) is 5.69 Å². The van der Waals surface area contributed by atoms with Crippen molar-refractivity contribution in [1.82, 2.24) is 4.90 Å². The number of likely N-dealkylation sites (tertiary alicyclic amines) is 1. The molecular weight excluding hydrogens is 510 g/mol. The summed E-state index contributed by atoms with van der Waals surface area (Å²) in [6.07, 6.45) is 3.87. The highest BCUT2D eigenvalue weighted by Gasteiger charge is 2.25. The van der Waals surface area contributed by atoms with Crippen LogP contribution < -0.4 is 14.7 Å². The van der Waals surface area contributed by atoms with E-state index >= 15 is 0 Å². The third-order valence-corrected chi connectivity index (χ3v) is 7.96. The fraction of sp³-hybridized carbons (Fsp3) is 0.469. The Kier molecular flexibility index (Phi) is 8.65. The molecule has 5 rings (SSSR count). The first-order chi connectivity index (χ1) is 18.7. The molecule has 2 aliphatic rings. The Labute approximate surface area is 236 Å². The van der Waals surface area contributed by atoms with E-state index < -0.39 is 5.60 Å². The van der Waals surface area contributed by atoms with E-state index in [-0.39, 0.29) is 24.5 Å². The summed E-state index contributed by atoms with van der Waals surface area (Å²) >= 11 is 6.51. The van der Waals surface area contributed by atoms with Crippen LogP contribution in [-0.4, -0.2) is 66.9 Å². The van der Waals surface area contributed by atoms with Crippen molar-refractivity contribution in [3.63, 3.8) is 0 Å². The number of rotatable bonds is 10. The van der Waals surface area contributed by atoms with Crippen molar-refractivity contribution in [1.29, 1.82) is 0 Å². The number of hydrogen-bond acceptors (Lipinski definition) is 6. The van der Waals surface area contributed by atoms with Crippen LogP contribution in [0.5, 0.6) is 5.75 Å². The van der Waals surface area contributed by atoms with Crippen LogP contribution >= 0.6 is 11.6 Å². The van der Waals surface area contributed by atoms with Crippen molar-refractivity contribution in [2.75, 3.05) is 44.2 Å². The minimum absolute atomic E-state index is 0.0127. The fourth-order valence-corrected chi connectivity index (χ4v) is 5.84. The number of aliphatic imine (C=N–C) groups is 1. The van der Waals surface area contributed by atoms with Crippen LogP contribution in [0.25, 0.3) is 10.8 Å². The molecule has 0 radical (unpaired) electrons. The van der Waals surface area contributed by atoms with Crippen molar-refractivity contribution in [2.24, 2.45) is 10.9 Å². The summed E-state index contributed by atoms with van der Waals surface area (Å²) in [5.41, 5.74) is 1.26. The number of halogens is 1. The van der Waals surface area contributed by atoms with Gasteiger partial charge in [0.15, 0.2) is 0 Å². The van der Waals surface area contributed by atoms with Crippen LogP contribution in [-0.2, 0) is 6.42 Å². The number of aliphatic hydroxyl groups is 1. The molecule has 0 aliphatic carbocycles. The van der Waals surface area contributed by atoms with E-state index in [2.05, 4.69) is 52.3 Å². The van der Waals surface area contributed by atoms with Gasteiger partial charge in [0.05, 0.1) is 16.7 Å². The molecule has 0 saturated carbocycles. The molecule has 2 saturated heterocycles. The smallest absolute Gasteiger partial charge is 0.138 e. The van der Waals surface area contributed by atoms with Crippen LogP contribution in [0, 0.1) is 5.92 Å². The van der Waals surface area contributed by atoms with Gasteiger partial charge in [-0.05, 0) is 99.1 Å². The minimum Gasteiger partial charge on any atom is -0.862 e. The predicted molar refractivity (Wildman–Crippen MR) is 158 cm³/mol. The van der Waals surface area contributed by atoms with E-state index in [0.29, 0.717) is 23.7 Å². The van der Waals surface area contributed by atoms with Crippen LogP contribution in [0.3, 0.4) is 0 Å². The molecule has 6 nitrogen and oxygen atoms in total. The first kappa shape index (κ1) is 27.8. The lowest BCUT2D eigenvalue weighted by Gasteiger charge is -2.26. The predicted octanol–water partition coefficient (Wildman–Crippen LogP) is 4.94. The molecule has 1 N–H and O–H groups in total. The fourth-order valence-electron chi connectivity index (χ4n) is 5.58. The number of anilines is 1. The molecule has 0 bridgehead atoms. The molecule has 2 aliphatic heterocycles. The largest absolute Gasteiger partial charge is 0.862 e. The molecule has 2 fully saturated rings. The van der Waals surface area contributed by atoms with E-state index in [9.17, 15) is 10.2 Å². The first-order valence-corrected chi connectivity index (χ1v) is 14.5. The maximum atomic E-state index is 13.4. The van der Waals surface area contributed by atoms with E-state index in [0.717, 1.165) is 38.2 Å². The SMILES string of the molecule is CC(C)(O)COc1ccc(CC(CN2CCCC2)N=C([O-])[C@@H]2CCN(c3ccc4ccccc4c3)C2)cc1Cl. The summed E-state index contributed by atoms with van der Waals surface area (Å²) in [4.78, 5) is 9.53. The Balaban J connectivity index is 1.27. The van der Waals surface area contributed by atoms with E-state index in [1.165, 1.54) is 29.3 Å². The first-order valence-electron chi connectivity index (χ1n) is 14.1. The molecule has 0 amide bonds. The zero-order valence-electron chi connectivity index (χ0n) is 23.0. The zero-order valence-corrected chi connectivity index (χ0v) is 23.7. The third kappa shape index (κ3) is 7.44. The van der Waals surface area contributed by atoms with Gasteiger partial charge in [-0.1, -0.05) is 48.0 Å². The van der Waals surface area contributed by atoms with Gasteiger partial charge in [-0.2, -0.15) is 0 Å². The lowest BCUT2D eigenvalue weighted by Crippen LogP contribution is -2.36. The molecule has 0 spiro atoms. The molecule has 3 aromatic rings. The summed E-state index contributed by atoms with van der Waals surface area (Å²) in [6, 6.07) is 20.5. The molecule has 208 valence electrons. The second-order valence-electron chi connectivity index (χ2n) is 11.7. The molecule has 7 heteroatoms. The van der Waals surface area contributed by atoms with Crippen molar-refractivity contribution in [2.45, 2.75) is 51.2 Å². The van der Waals surface area contributed by atoms with E-state index in [1.54, 1.807) is 13.8 Å². The topological polar surface area (TPSA) is 71.4 Å².